The summed E-state index contributed by atoms with van der Waals surface area (Å²) in [4.78, 5) is 15.9. The molecule has 1 heterocycles. The number of carbonyl (C=O) groups excluding carboxylic acids is 1. The molecule has 0 bridgehead atoms. The highest BCUT2D eigenvalue weighted by Crippen LogP contribution is 2.17. The molecule has 0 aromatic heterocycles. The Labute approximate surface area is 104 Å². The highest BCUT2D eigenvalue weighted by molar-refractivity contribution is 5.80. The first-order valence-electron chi connectivity index (χ1n) is 6.47. The predicted molar refractivity (Wildman–Crippen MR) is 69.8 cm³/mol. The Kier molecular flexibility index (Phi) is 5.88. The number of hydrogen-bond donors (Lipinski definition) is 2. The summed E-state index contributed by atoms with van der Waals surface area (Å²) in [5.74, 6) is -0.280. The zero-order valence-electron chi connectivity index (χ0n) is 11.3. The van der Waals surface area contributed by atoms with Gasteiger partial charge in [0.05, 0.1) is 6.04 Å². The van der Waals surface area contributed by atoms with Gasteiger partial charge in [0.2, 0.25) is 5.91 Å². The molecule has 2 atom stereocenters. The molecule has 1 aliphatic rings. The van der Waals surface area contributed by atoms with Crippen LogP contribution >= 0.6 is 0 Å². The molecule has 0 aromatic carbocycles. The molecular weight excluding hydrogens is 216 g/mol. The highest BCUT2D eigenvalue weighted by atomic mass is 16.1. The lowest BCUT2D eigenvalue weighted by atomic mass is 10.2. The van der Waals surface area contributed by atoms with E-state index in [0.717, 1.165) is 13.1 Å². The van der Waals surface area contributed by atoms with E-state index in [0.29, 0.717) is 12.6 Å². The Hall–Kier alpha value is -0.650. The molecule has 1 fully saturated rings. The van der Waals surface area contributed by atoms with Crippen LogP contribution in [-0.2, 0) is 4.79 Å². The van der Waals surface area contributed by atoms with Crippen molar-refractivity contribution in [2.75, 3.05) is 40.3 Å². The minimum absolute atomic E-state index is 0.253. The number of amides is 1. The smallest absolute Gasteiger partial charge is 0.235 e. The average molecular weight is 242 g/mol. The number of carbonyl (C=O) groups is 1. The van der Waals surface area contributed by atoms with Crippen molar-refractivity contribution in [1.82, 2.24) is 15.1 Å². The number of nitrogens with one attached hydrogen (secondary N) is 1. The van der Waals surface area contributed by atoms with Crippen LogP contribution in [0.25, 0.3) is 0 Å². The van der Waals surface area contributed by atoms with Crippen LogP contribution in [0.15, 0.2) is 0 Å². The van der Waals surface area contributed by atoms with E-state index in [1.807, 2.05) is 0 Å². The third kappa shape index (κ3) is 4.26. The minimum Gasteiger partial charge on any atom is -0.368 e. The Bertz CT molecular complexity index is 247. The molecule has 1 aliphatic heterocycles. The maximum atomic E-state index is 11.1. The van der Waals surface area contributed by atoms with Crippen LogP contribution in [0.4, 0.5) is 0 Å². The molecule has 0 aromatic rings. The zero-order valence-corrected chi connectivity index (χ0v) is 11.3. The van der Waals surface area contributed by atoms with Gasteiger partial charge in [-0.15, -0.1) is 0 Å². The van der Waals surface area contributed by atoms with Gasteiger partial charge in [0.1, 0.15) is 0 Å². The van der Waals surface area contributed by atoms with Crippen molar-refractivity contribution in [2.45, 2.75) is 31.8 Å². The highest BCUT2D eigenvalue weighted by Gasteiger charge is 2.25. The van der Waals surface area contributed by atoms with Crippen LogP contribution < -0.4 is 11.1 Å². The van der Waals surface area contributed by atoms with Crippen molar-refractivity contribution in [3.05, 3.63) is 0 Å². The Balaban J connectivity index is 2.37. The molecular formula is C12H26N4O. The summed E-state index contributed by atoms with van der Waals surface area (Å²) >= 11 is 0. The lowest BCUT2D eigenvalue weighted by Gasteiger charge is -2.29. The Morgan fingerprint density at radius 3 is 2.88 bits per heavy atom. The van der Waals surface area contributed by atoms with Gasteiger partial charge in [-0.3, -0.25) is 9.69 Å². The summed E-state index contributed by atoms with van der Waals surface area (Å²) in [5, 5.41) is 2.95. The molecule has 5 heteroatoms. The monoisotopic (exact) mass is 242 g/mol. The van der Waals surface area contributed by atoms with E-state index < -0.39 is 0 Å². The van der Waals surface area contributed by atoms with Gasteiger partial charge < -0.3 is 16.0 Å². The molecule has 0 saturated carbocycles. The second kappa shape index (κ2) is 6.93. The van der Waals surface area contributed by atoms with Crippen LogP contribution in [0, 0.1) is 0 Å². The van der Waals surface area contributed by atoms with Crippen molar-refractivity contribution in [1.29, 1.82) is 0 Å². The standard InChI is InChI=1S/C12H26N4O/c1-4-16-7-5-6-10(16)8-15(3)9-11(14-2)12(13)17/h10-11,14H,4-9H2,1-3H3,(H2,13,17). The molecule has 0 spiro atoms. The first-order valence-corrected chi connectivity index (χ1v) is 6.47. The molecule has 1 saturated heterocycles. The van der Waals surface area contributed by atoms with E-state index in [1.165, 1.54) is 19.4 Å². The largest absolute Gasteiger partial charge is 0.368 e. The summed E-state index contributed by atoms with van der Waals surface area (Å²) in [7, 11) is 3.83. The van der Waals surface area contributed by atoms with E-state index in [2.05, 4.69) is 29.1 Å². The second-order valence-electron chi connectivity index (χ2n) is 4.89. The predicted octanol–water partition coefficient (Wildman–Crippen LogP) is -0.524. The topological polar surface area (TPSA) is 61.6 Å². The van der Waals surface area contributed by atoms with Gasteiger partial charge in [-0.2, -0.15) is 0 Å². The average Bonchev–Trinajstić information content (AvgIpc) is 2.72. The maximum absolute atomic E-state index is 11.1. The summed E-state index contributed by atoms with van der Waals surface area (Å²) in [6.45, 7) is 6.22. The lowest BCUT2D eigenvalue weighted by Crippen LogP contribution is -2.49. The molecule has 1 amide bonds. The second-order valence-corrected chi connectivity index (χ2v) is 4.89. The first kappa shape index (κ1) is 14.4. The molecule has 0 radical (unpaired) electrons. The van der Waals surface area contributed by atoms with E-state index in [1.54, 1.807) is 7.05 Å². The molecule has 2 unspecified atom stereocenters. The fourth-order valence-electron chi connectivity index (χ4n) is 2.59. The van der Waals surface area contributed by atoms with Gasteiger partial charge in [-0.1, -0.05) is 6.92 Å². The summed E-state index contributed by atoms with van der Waals surface area (Å²) in [6, 6.07) is 0.381. The zero-order chi connectivity index (χ0) is 12.8. The van der Waals surface area contributed by atoms with Crippen molar-refractivity contribution in [3.63, 3.8) is 0 Å². The van der Waals surface area contributed by atoms with Crippen LogP contribution in [0.3, 0.4) is 0 Å². The third-order valence-electron chi connectivity index (χ3n) is 3.61. The number of likely N-dealkylation sites (tertiary alicyclic amines) is 1. The van der Waals surface area contributed by atoms with Gasteiger partial charge in [0.25, 0.3) is 0 Å². The summed E-state index contributed by atoms with van der Waals surface area (Å²) in [6.07, 6.45) is 2.55. The number of hydrogen-bond acceptors (Lipinski definition) is 4. The van der Waals surface area contributed by atoms with Crippen molar-refractivity contribution in [3.8, 4) is 0 Å². The van der Waals surface area contributed by atoms with E-state index in [4.69, 9.17) is 5.73 Å². The molecule has 3 N–H and O–H groups in total. The van der Waals surface area contributed by atoms with Gasteiger partial charge in [-0.25, -0.2) is 0 Å². The quantitative estimate of drug-likeness (QED) is 0.630. The van der Waals surface area contributed by atoms with Crippen molar-refractivity contribution in [2.24, 2.45) is 5.73 Å². The Morgan fingerprint density at radius 2 is 2.35 bits per heavy atom. The summed E-state index contributed by atoms with van der Waals surface area (Å²) in [5.41, 5.74) is 5.32. The SMILES string of the molecule is CCN1CCCC1CN(C)CC(NC)C(N)=O. The number of nitrogens with zero attached hydrogens (tertiary/aromatic N) is 2. The van der Waals surface area contributed by atoms with Crippen molar-refractivity contribution >= 4 is 5.91 Å². The van der Waals surface area contributed by atoms with Crippen LogP contribution in [-0.4, -0.2) is 68.1 Å². The normalized spacial score (nSPS) is 23.2. The van der Waals surface area contributed by atoms with E-state index in [-0.39, 0.29) is 11.9 Å². The number of nitrogens with two attached hydrogens (primary N) is 1. The molecule has 0 aliphatic carbocycles. The summed E-state index contributed by atoms with van der Waals surface area (Å²) < 4.78 is 0. The van der Waals surface area contributed by atoms with E-state index >= 15 is 0 Å². The molecule has 5 nitrogen and oxygen atoms in total. The van der Waals surface area contributed by atoms with Gasteiger partial charge in [-0.05, 0) is 40.0 Å². The minimum atomic E-state index is -0.280. The van der Waals surface area contributed by atoms with Crippen LogP contribution in [0.5, 0.6) is 0 Å². The van der Waals surface area contributed by atoms with Crippen LogP contribution in [0.1, 0.15) is 19.8 Å². The first-order chi connectivity index (χ1) is 8.08. The van der Waals surface area contributed by atoms with E-state index in [9.17, 15) is 4.79 Å². The fraction of sp³-hybridized carbons (Fsp3) is 0.917. The van der Waals surface area contributed by atoms with Gasteiger partial charge in [0.15, 0.2) is 0 Å². The number of likely N-dealkylation sites (N-methyl/N-ethyl adjacent to an activating group) is 3. The lowest BCUT2D eigenvalue weighted by molar-refractivity contribution is -0.120. The van der Waals surface area contributed by atoms with Gasteiger partial charge >= 0.3 is 0 Å². The molecule has 1 rings (SSSR count). The van der Waals surface area contributed by atoms with Crippen molar-refractivity contribution < 1.29 is 4.79 Å². The maximum Gasteiger partial charge on any atom is 0.235 e. The number of rotatable bonds is 7. The van der Waals surface area contributed by atoms with Gasteiger partial charge in [0, 0.05) is 19.1 Å². The van der Waals surface area contributed by atoms with Crippen LogP contribution in [0.2, 0.25) is 0 Å². The third-order valence-corrected chi connectivity index (χ3v) is 3.61. The Morgan fingerprint density at radius 1 is 1.65 bits per heavy atom. The molecule has 17 heavy (non-hydrogen) atoms. The fourth-order valence-corrected chi connectivity index (χ4v) is 2.59. The number of primary amides is 1. The molecule has 100 valence electrons.